The van der Waals surface area contributed by atoms with Gasteiger partial charge in [0.25, 0.3) is 0 Å². The lowest BCUT2D eigenvalue weighted by atomic mass is 10.2. The fourth-order valence-electron chi connectivity index (χ4n) is 2.14. The Labute approximate surface area is 114 Å². The molecule has 2 aromatic carbocycles. The summed E-state index contributed by atoms with van der Waals surface area (Å²) < 4.78 is 5.43. The van der Waals surface area contributed by atoms with Crippen LogP contribution in [0.4, 0.5) is 5.69 Å². The van der Waals surface area contributed by atoms with Crippen molar-refractivity contribution in [3.05, 3.63) is 60.2 Å². The Morgan fingerprint density at radius 3 is 2.37 bits per heavy atom. The van der Waals surface area contributed by atoms with Gasteiger partial charge in [-0.25, -0.2) is 0 Å². The van der Waals surface area contributed by atoms with Crippen molar-refractivity contribution in [3.63, 3.8) is 0 Å². The number of nitrogens with zero attached hydrogens (tertiary/aromatic N) is 1. The van der Waals surface area contributed by atoms with E-state index in [1.165, 1.54) is 5.56 Å². The van der Waals surface area contributed by atoms with E-state index >= 15 is 0 Å². The minimum atomic E-state index is 0.616. The number of hydrogen-bond acceptors (Lipinski definition) is 3. The van der Waals surface area contributed by atoms with Crippen LogP contribution in [0.15, 0.2) is 54.6 Å². The van der Waals surface area contributed by atoms with Crippen LogP contribution in [0.25, 0.3) is 0 Å². The summed E-state index contributed by atoms with van der Waals surface area (Å²) in [5, 5.41) is 0. The van der Waals surface area contributed by atoms with E-state index in [0.717, 1.165) is 24.5 Å². The van der Waals surface area contributed by atoms with Crippen molar-refractivity contribution in [2.75, 3.05) is 25.1 Å². The van der Waals surface area contributed by atoms with E-state index in [2.05, 4.69) is 35.2 Å². The molecule has 19 heavy (non-hydrogen) atoms. The molecule has 0 aromatic heterocycles. The van der Waals surface area contributed by atoms with Crippen LogP contribution in [0.2, 0.25) is 0 Å². The van der Waals surface area contributed by atoms with E-state index in [9.17, 15) is 0 Å². The van der Waals surface area contributed by atoms with Crippen LogP contribution in [-0.4, -0.2) is 20.2 Å². The molecule has 0 radical (unpaired) electrons. The number of methoxy groups -OCH3 is 1. The van der Waals surface area contributed by atoms with E-state index in [4.69, 9.17) is 10.5 Å². The molecule has 3 heteroatoms. The number of benzene rings is 2. The van der Waals surface area contributed by atoms with Crippen LogP contribution < -0.4 is 15.4 Å². The van der Waals surface area contributed by atoms with Gasteiger partial charge in [0, 0.05) is 19.6 Å². The molecule has 0 amide bonds. The Bertz CT molecular complexity index is 499. The minimum Gasteiger partial charge on any atom is -0.495 e. The Morgan fingerprint density at radius 1 is 1.00 bits per heavy atom. The Hall–Kier alpha value is -2.00. The number of para-hydroxylation sites is 2. The first-order chi connectivity index (χ1) is 9.35. The highest BCUT2D eigenvalue weighted by Gasteiger charge is 2.11. The fraction of sp³-hybridized carbons (Fsp3) is 0.250. The van der Waals surface area contributed by atoms with Crippen LogP contribution in [0.5, 0.6) is 5.75 Å². The molecule has 2 N–H and O–H groups in total. The van der Waals surface area contributed by atoms with Gasteiger partial charge >= 0.3 is 0 Å². The lowest BCUT2D eigenvalue weighted by Crippen LogP contribution is -2.29. The molecule has 0 saturated carbocycles. The van der Waals surface area contributed by atoms with Gasteiger partial charge in [0.2, 0.25) is 0 Å². The molecule has 2 aromatic rings. The normalized spacial score (nSPS) is 10.2. The average molecular weight is 256 g/mol. The van der Waals surface area contributed by atoms with Gasteiger partial charge in [0.05, 0.1) is 12.8 Å². The second-order valence-corrected chi connectivity index (χ2v) is 4.37. The monoisotopic (exact) mass is 256 g/mol. The van der Waals surface area contributed by atoms with Crippen molar-refractivity contribution in [1.82, 2.24) is 0 Å². The average Bonchev–Trinajstić information content (AvgIpc) is 2.48. The molecular formula is C16H20N2O. The van der Waals surface area contributed by atoms with Gasteiger partial charge in [0.15, 0.2) is 0 Å². The summed E-state index contributed by atoms with van der Waals surface area (Å²) in [6.07, 6.45) is 0. The molecule has 0 aliphatic rings. The predicted octanol–water partition coefficient (Wildman–Crippen LogP) is 2.66. The molecule has 0 saturated heterocycles. The maximum absolute atomic E-state index is 5.73. The molecule has 0 aliphatic heterocycles. The zero-order valence-electron chi connectivity index (χ0n) is 11.3. The number of nitrogens with two attached hydrogens (primary N) is 1. The number of ether oxygens (including phenoxy) is 1. The molecule has 0 spiro atoms. The quantitative estimate of drug-likeness (QED) is 0.863. The van der Waals surface area contributed by atoms with Gasteiger partial charge in [-0.15, -0.1) is 0 Å². The first-order valence-electron chi connectivity index (χ1n) is 6.47. The molecule has 3 nitrogen and oxygen atoms in total. The summed E-state index contributed by atoms with van der Waals surface area (Å²) in [4.78, 5) is 2.24. The van der Waals surface area contributed by atoms with Gasteiger partial charge in [-0.1, -0.05) is 42.5 Å². The third kappa shape index (κ3) is 3.48. The maximum atomic E-state index is 5.73. The molecule has 2 rings (SSSR count). The van der Waals surface area contributed by atoms with E-state index in [1.807, 2.05) is 24.3 Å². The van der Waals surface area contributed by atoms with Gasteiger partial charge in [-0.2, -0.15) is 0 Å². The number of anilines is 1. The van der Waals surface area contributed by atoms with Gasteiger partial charge in [-0.3, -0.25) is 0 Å². The Kier molecular flexibility index (Phi) is 4.81. The molecule has 0 fully saturated rings. The van der Waals surface area contributed by atoms with Crippen molar-refractivity contribution in [2.24, 2.45) is 5.73 Å². The molecule has 0 unspecified atom stereocenters. The third-order valence-electron chi connectivity index (χ3n) is 3.04. The molecule has 100 valence electrons. The van der Waals surface area contributed by atoms with Crippen molar-refractivity contribution < 1.29 is 4.74 Å². The largest absolute Gasteiger partial charge is 0.495 e. The van der Waals surface area contributed by atoms with Crippen molar-refractivity contribution in [2.45, 2.75) is 6.54 Å². The highest BCUT2D eigenvalue weighted by molar-refractivity contribution is 5.58. The van der Waals surface area contributed by atoms with Crippen molar-refractivity contribution in [3.8, 4) is 5.75 Å². The number of hydrogen-bond donors (Lipinski definition) is 1. The summed E-state index contributed by atoms with van der Waals surface area (Å²) in [5.41, 5.74) is 8.08. The lowest BCUT2D eigenvalue weighted by molar-refractivity contribution is 0.414. The van der Waals surface area contributed by atoms with E-state index in [1.54, 1.807) is 7.11 Å². The molecular weight excluding hydrogens is 236 g/mol. The third-order valence-corrected chi connectivity index (χ3v) is 3.04. The van der Waals surface area contributed by atoms with E-state index < -0.39 is 0 Å². The second kappa shape index (κ2) is 6.81. The highest BCUT2D eigenvalue weighted by atomic mass is 16.5. The van der Waals surface area contributed by atoms with Gasteiger partial charge in [0.1, 0.15) is 5.75 Å². The fourth-order valence-corrected chi connectivity index (χ4v) is 2.14. The first kappa shape index (κ1) is 13.4. The SMILES string of the molecule is COc1ccccc1N(CCN)Cc1ccccc1. The predicted molar refractivity (Wildman–Crippen MR) is 79.5 cm³/mol. The molecule has 0 bridgehead atoms. The zero-order valence-corrected chi connectivity index (χ0v) is 11.3. The van der Waals surface area contributed by atoms with Crippen LogP contribution in [-0.2, 0) is 6.54 Å². The summed E-state index contributed by atoms with van der Waals surface area (Å²) >= 11 is 0. The van der Waals surface area contributed by atoms with Gasteiger partial charge < -0.3 is 15.4 Å². The first-order valence-corrected chi connectivity index (χ1v) is 6.47. The Morgan fingerprint density at radius 2 is 1.68 bits per heavy atom. The van der Waals surface area contributed by atoms with Crippen LogP contribution in [0.1, 0.15) is 5.56 Å². The van der Waals surface area contributed by atoms with Gasteiger partial charge in [-0.05, 0) is 17.7 Å². The molecule has 0 aliphatic carbocycles. The van der Waals surface area contributed by atoms with E-state index in [0.29, 0.717) is 6.54 Å². The zero-order chi connectivity index (χ0) is 13.5. The number of rotatable bonds is 6. The second-order valence-electron chi connectivity index (χ2n) is 4.37. The van der Waals surface area contributed by atoms with Crippen LogP contribution >= 0.6 is 0 Å². The lowest BCUT2D eigenvalue weighted by Gasteiger charge is -2.26. The smallest absolute Gasteiger partial charge is 0.142 e. The maximum Gasteiger partial charge on any atom is 0.142 e. The Balaban J connectivity index is 2.24. The van der Waals surface area contributed by atoms with Crippen molar-refractivity contribution in [1.29, 1.82) is 0 Å². The molecule has 0 atom stereocenters. The van der Waals surface area contributed by atoms with Crippen LogP contribution in [0.3, 0.4) is 0 Å². The summed E-state index contributed by atoms with van der Waals surface area (Å²) in [6.45, 7) is 2.25. The summed E-state index contributed by atoms with van der Waals surface area (Å²) in [7, 11) is 1.70. The van der Waals surface area contributed by atoms with E-state index in [-0.39, 0.29) is 0 Å². The highest BCUT2D eigenvalue weighted by Crippen LogP contribution is 2.28. The topological polar surface area (TPSA) is 38.5 Å². The van der Waals surface area contributed by atoms with Crippen LogP contribution in [0, 0.1) is 0 Å². The minimum absolute atomic E-state index is 0.616. The summed E-state index contributed by atoms with van der Waals surface area (Å²) in [6, 6.07) is 18.4. The van der Waals surface area contributed by atoms with Crippen molar-refractivity contribution >= 4 is 5.69 Å². The standard InChI is InChI=1S/C16H20N2O/c1-19-16-10-6-5-9-15(16)18(12-11-17)13-14-7-3-2-4-8-14/h2-10H,11-13,17H2,1H3. The summed E-state index contributed by atoms with van der Waals surface area (Å²) in [5.74, 6) is 0.881. The molecule has 0 heterocycles.